The van der Waals surface area contributed by atoms with Crippen LogP contribution in [0.25, 0.3) is 11.3 Å². The smallest absolute Gasteiger partial charge is 0.416 e. The maximum Gasteiger partial charge on any atom is 0.416 e. The average molecular weight is 444 g/mol. The highest BCUT2D eigenvalue weighted by molar-refractivity contribution is 6.33. The van der Waals surface area contributed by atoms with Gasteiger partial charge in [0.15, 0.2) is 0 Å². The van der Waals surface area contributed by atoms with Crippen molar-refractivity contribution in [1.29, 1.82) is 0 Å². The first-order chi connectivity index (χ1) is 14.2. The Bertz CT molecular complexity index is 914. The van der Waals surface area contributed by atoms with Gasteiger partial charge < -0.3 is 20.3 Å². The predicted octanol–water partition coefficient (Wildman–Crippen LogP) is 4.24. The summed E-state index contributed by atoms with van der Waals surface area (Å²) in [4.78, 5) is 11.1. The van der Waals surface area contributed by atoms with Crippen LogP contribution in [-0.2, 0) is 11.0 Å². The molecule has 0 amide bonds. The van der Waals surface area contributed by atoms with Gasteiger partial charge in [0.05, 0.1) is 22.7 Å². The number of hydrogen-bond acceptors (Lipinski definition) is 5. The summed E-state index contributed by atoms with van der Waals surface area (Å²) in [6, 6.07) is 6.17. The van der Waals surface area contributed by atoms with Crippen molar-refractivity contribution in [3.8, 4) is 11.3 Å². The fourth-order valence-corrected chi connectivity index (χ4v) is 3.55. The lowest BCUT2D eigenvalue weighted by molar-refractivity contribution is -0.142. The van der Waals surface area contributed by atoms with Crippen LogP contribution in [0.4, 0.5) is 13.2 Å². The molecule has 2 atom stereocenters. The van der Waals surface area contributed by atoms with E-state index in [9.17, 15) is 18.0 Å². The van der Waals surface area contributed by atoms with Gasteiger partial charge in [-0.05, 0) is 55.6 Å². The molecule has 1 fully saturated rings. The van der Waals surface area contributed by atoms with Crippen LogP contribution in [0.2, 0.25) is 5.02 Å². The van der Waals surface area contributed by atoms with E-state index in [0.29, 0.717) is 25.3 Å². The summed E-state index contributed by atoms with van der Waals surface area (Å²) in [7, 11) is 0. The van der Waals surface area contributed by atoms with Crippen molar-refractivity contribution in [3.05, 3.63) is 46.7 Å². The summed E-state index contributed by atoms with van der Waals surface area (Å²) >= 11 is 6.02. The van der Waals surface area contributed by atoms with E-state index in [0.717, 1.165) is 25.1 Å². The standard InChI is InChI=1S/C20H21ClF3N3O3/c21-17-3-1-14(20(22,23)24)8-16(17)18-4-2-15(30-18)11-27-26-6-5-12-7-13(19(28)29)10-25-9-12/h1-4,8,11-13,25-26H,5-7,9-10H2,(H,28,29)/b27-11+/t12-,13+/m0/s1. The van der Waals surface area contributed by atoms with Gasteiger partial charge in [0, 0.05) is 18.7 Å². The van der Waals surface area contributed by atoms with Crippen LogP contribution in [0.5, 0.6) is 0 Å². The number of rotatable bonds is 7. The minimum absolute atomic E-state index is 0.150. The zero-order valence-corrected chi connectivity index (χ0v) is 16.6. The number of carboxylic acids is 1. The third-order valence-corrected chi connectivity index (χ3v) is 5.25. The Kier molecular flexibility index (Phi) is 7.04. The highest BCUT2D eigenvalue weighted by atomic mass is 35.5. The second kappa shape index (κ2) is 9.53. The second-order valence-electron chi connectivity index (χ2n) is 7.14. The third kappa shape index (κ3) is 5.76. The maximum absolute atomic E-state index is 12.9. The Hall–Kier alpha value is -2.52. The summed E-state index contributed by atoms with van der Waals surface area (Å²) in [6.45, 7) is 1.82. The lowest BCUT2D eigenvalue weighted by Gasteiger charge is -2.27. The molecule has 10 heteroatoms. The second-order valence-corrected chi connectivity index (χ2v) is 7.55. The molecule has 3 N–H and O–H groups in total. The number of alkyl halides is 3. The van der Waals surface area contributed by atoms with Crippen LogP contribution in [-0.4, -0.2) is 36.9 Å². The molecule has 0 unspecified atom stereocenters. The molecule has 1 aliphatic rings. The molecule has 1 saturated heterocycles. The fourth-order valence-electron chi connectivity index (χ4n) is 3.34. The van der Waals surface area contributed by atoms with E-state index < -0.39 is 17.7 Å². The summed E-state index contributed by atoms with van der Waals surface area (Å²) in [5, 5.41) is 16.4. The molecule has 3 rings (SSSR count). The number of nitrogens with zero attached hydrogens (tertiary/aromatic N) is 1. The Morgan fingerprint density at radius 3 is 2.87 bits per heavy atom. The molecule has 6 nitrogen and oxygen atoms in total. The van der Waals surface area contributed by atoms with Crippen LogP contribution in [0, 0.1) is 11.8 Å². The van der Waals surface area contributed by atoms with Gasteiger partial charge in [-0.3, -0.25) is 4.79 Å². The molecule has 1 aromatic heterocycles. The zero-order chi connectivity index (χ0) is 21.7. The number of carbonyl (C=O) groups is 1. The van der Waals surface area contributed by atoms with Gasteiger partial charge in [-0.1, -0.05) is 11.6 Å². The van der Waals surface area contributed by atoms with Gasteiger partial charge in [0.1, 0.15) is 11.5 Å². The van der Waals surface area contributed by atoms with Crippen molar-refractivity contribution in [3.63, 3.8) is 0 Å². The van der Waals surface area contributed by atoms with Gasteiger partial charge >= 0.3 is 12.1 Å². The van der Waals surface area contributed by atoms with E-state index >= 15 is 0 Å². The van der Waals surface area contributed by atoms with Gasteiger partial charge in [-0.2, -0.15) is 18.3 Å². The zero-order valence-electron chi connectivity index (χ0n) is 15.9. The number of aliphatic carboxylic acids is 1. The molecule has 0 spiro atoms. The molecule has 0 radical (unpaired) electrons. The first-order valence-corrected chi connectivity index (χ1v) is 9.78. The van der Waals surface area contributed by atoms with Crippen molar-refractivity contribution in [2.45, 2.75) is 19.0 Å². The summed E-state index contributed by atoms with van der Waals surface area (Å²) in [5.74, 6) is -0.332. The van der Waals surface area contributed by atoms with Crippen molar-refractivity contribution in [1.82, 2.24) is 10.7 Å². The van der Waals surface area contributed by atoms with Crippen LogP contribution >= 0.6 is 11.6 Å². The molecule has 2 heterocycles. The molecule has 1 aliphatic heterocycles. The van der Waals surface area contributed by atoms with Crippen molar-refractivity contribution in [2.75, 3.05) is 19.6 Å². The molecule has 2 aromatic rings. The monoisotopic (exact) mass is 443 g/mol. The highest BCUT2D eigenvalue weighted by Gasteiger charge is 2.31. The Morgan fingerprint density at radius 1 is 1.33 bits per heavy atom. The molecular weight excluding hydrogens is 423 g/mol. The minimum Gasteiger partial charge on any atom is -0.481 e. The maximum atomic E-state index is 12.9. The lowest BCUT2D eigenvalue weighted by atomic mass is 9.88. The van der Waals surface area contributed by atoms with E-state index in [1.165, 1.54) is 18.3 Å². The number of nitrogens with one attached hydrogen (secondary N) is 2. The molecular formula is C20H21ClF3N3O3. The van der Waals surface area contributed by atoms with Gasteiger partial charge in [0.2, 0.25) is 0 Å². The fraction of sp³-hybridized carbons (Fsp3) is 0.400. The topological polar surface area (TPSA) is 86.9 Å². The van der Waals surface area contributed by atoms with E-state index in [2.05, 4.69) is 15.8 Å². The number of furan rings is 1. The summed E-state index contributed by atoms with van der Waals surface area (Å²) in [6.07, 6.45) is -1.66. The van der Waals surface area contributed by atoms with Gasteiger partial charge in [-0.25, -0.2) is 0 Å². The van der Waals surface area contributed by atoms with Crippen molar-refractivity contribution < 1.29 is 27.5 Å². The van der Waals surface area contributed by atoms with Crippen LogP contribution in [0.15, 0.2) is 39.9 Å². The molecule has 0 bridgehead atoms. The predicted molar refractivity (Wildman–Crippen MR) is 106 cm³/mol. The minimum atomic E-state index is -4.47. The van der Waals surface area contributed by atoms with E-state index in [1.54, 1.807) is 6.07 Å². The highest BCUT2D eigenvalue weighted by Crippen LogP contribution is 2.36. The number of benzene rings is 1. The quantitative estimate of drug-likeness (QED) is 0.338. The van der Waals surface area contributed by atoms with Crippen LogP contribution in [0.1, 0.15) is 24.2 Å². The average Bonchev–Trinajstić information content (AvgIpc) is 3.16. The number of piperidine rings is 1. The summed E-state index contributed by atoms with van der Waals surface area (Å²) < 4.78 is 44.3. The summed E-state index contributed by atoms with van der Waals surface area (Å²) in [5.41, 5.74) is 2.22. The third-order valence-electron chi connectivity index (χ3n) is 4.92. The largest absolute Gasteiger partial charge is 0.481 e. The van der Waals surface area contributed by atoms with E-state index in [-0.39, 0.29) is 28.2 Å². The van der Waals surface area contributed by atoms with Gasteiger partial charge in [0.25, 0.3) is 0 Å². The first kappa shape index (κ1) is 22.2. The van der Waals surface area contributed by atoms with Gasteiger partial charge in [-0.15, -0.1) is 0 Å². The molecule has 1 aromatic carbocycles. The normalized spacial score (nSPS) is 19.9. The first-order valence-electron chi connectivity index (χ1n) is 9.40. The Morgan fingerprint density at radius 2 is 2.13 bits per heavy atom. The number of hydrazone groups is 1. The van der Waals surface area contributed by atoms with Crippen LogP contribution < -0.4 is 10.7 Å². The molecule has 0 aliphatic carbocycles. The lowest BCUT2D eigenvalue weighted by Crippen LogP contribution is -2.40. The molecule has 0 saturated carbocycles. The van der Waals surface area contributed by atoms with E-state index in [1.807, 2.05) is 0 Å². The molecule has 30 heavy (non-hydrogen) atoms. The number of halogens is 4. The van der Waals surface area contributed by atoms with Crippen molar-refractivity contribution in [2.24, 2.45) is 16.9 Å². The number of carboxylic acid groups (broad SMARTS) is 1. The van der Waals surface area contributed by atoms with Crippen LogP contribution in [0.3, 0.4) is 0 Å². The van der Waals surface area contributed by atoms with E-state index in [4.69, 9.17) is 21.1 Å². The SMILES string of the molecule is O=C(O)[C@H]1CNC[C@@H](CCN/N=C/c2ccc(-c3cc(C(F)(F)F)ccc3Cl)o2)C1. The number of hydrogen-bond donors (Lipinski definition) is 3. The Labute approximate surface area is 176 Å². The Balaban J connectivity index is 1.53. The van der Waals surface area contributed by atoms with Crippen molar-refractivity contribution >= 4 is 23.8 Å². The molecule has 162 valence electrons.